The Labute approximate surface area is 181 Å². The van der Waals surface area contributed by atoms with Crippen LogP contribution in [0.25, 0.3) is 27.6 Å². The summed E-state index contributed by atoms with van der Waals surface area (Å²) in [7, 11) is -1.15. The van der Waals surface area contributed by atoms with E-state index in [0.29, 0.717) is 27.6 Å². The summed E-state index contributed by atoms with van der Waals surface area (Å²) in [6.45, 7) is -0.350. The molecule has 1 N–H and O–H groups in total. The first-order valence-corrected chi connectivity index (χ1v) is 11.6. The van der Waals surface area contributed by atoms with Gasteiger partial charge in [0.1, 0.15) is 0 Å². The quantitative estimate of drug-likeness (QED) is 0.498. The largest absolute Gasteiger partial charge is 0.416 e. The Balaban J connectivity index is 1.88. The second kappa shape index (κ2) is 7.75. The molecular formula is C21H19F3N4O3S. The molecule has 0 aliphatic carbocycles. The van der Waals surface area contributed by atoms with E-state index >= 15 is 0 Å². The summed E-state index contributed by atoms with van der Waals surface area (Å²) in [5, 5.41) is 14.8. The summed E-state index contributed by atoms with van der Waals surface area (Å²) in [4.78, 5) is 12.6. The molecule has 0 aliphatic heterocycles. The minimum Gasteiger partial charge on any atom is -0.395 e. The number of amides is 1. The lowest BCUT2D eigenvalue weighted by Crippen LogP contribution is -2.10. The molecule has 7 nitrogen and oxygen atoms in total. The number of hydrogen-bond acceptors (Lipinski definition) is 4. The van der Waals surface area contributed by atoms with Crippen LogP contribution < -0.4 is 0 Å². The van der Waals surface area contributed by atoms with Crippen molar-refractivity contribution in [2.75, 3.05) is 18.6 Å². The van der Waals surface area contributed by atoms with Crippen molar-refractivity contribution in [3.8, 4) is 5.69 Å². The molecule has 0 fully saturated rings. The SMILES string of the molecule is Cn1cc2c3cc(C(=O)N=[S@@](C)(=O)CCO)ccc3n(-c3ccc(C(F)(F)F)cc3)c2n1. The van der Waals surface area contributed by atoms with Gasteiger partial charge in [0.2, 0.25) is 0 Å². The number of hydrogen-bond donors (Lipinski definition) is 1. The molecule has 4 aromatic rings. The van der Waals surface area contributed by atoms with E-state index in [-0.39, 0.29) is 17.9 Å². The zero-order valence-electron chi connectivity index (χ0n) is 17.1. The van der Waals surface area contributed by atoms with Gasteiger partial charge in [-0.15, -0.1) is 0 Å². The van der Waals surface area contributed by atoms with Gasteiger partial charge >= 0.3 is 6.18 Å². The minimum atomic E-state index is -4.44. The molecule has 0 unspecified atom stereocenters. The van der Waals surface area contributed by atoms with Gasteiger partial charge < -0.3 is 5.11 Å². The van der Waals surface area contributed by atoms with E-state index in [4.69, 9.17) is 5.11 Å². The Hall–Kier alpha value is -3.18. The van der Waals surface area contributed by atoms with Crippen molar-refractivity contribution in [3.63, 3.8) is 0 Å². The van der Waals surface area contributed by atoms with E-state index in [1.807, 2.05) is 0 Å². The van der Waals surface area contributed by atoms with Gasteiger partial charge in [0.25, 0.3) is 5.91 Å². The number of aliphatic hydroxyl groups is 1. The van der Waals surface area contributed by atoms with E-state index in [9.17, 15) is 22.2 Å². The van der Waals surface area contributed by atoms with Gasteiger partial charge in [-0.25, -0.2) is 4.21 Å². The number of alkyl halides is 3. The van der Waals surface area contributed by atoms with Crippen molar-refractivity contribution in [1.29, 1.82) is 0 Å². The minimum absolute atomic E-state index is 0.113. The summed E-state index contributed by atoms with van der Waals surface area (Å²) in [5.41, 5.74) is 1.10. The Bertz CT molecular complexity index is 1460. The fraction of sp³-hybridized carbons (Fsp3) is 0.238. The number of aryl methyl sites for hydroxylation is 1. The van der Waals surface area contributed by atoms with E-state index < -0.39 is 27.4 Å². The van der Waals surface area contributed by atoms with Gasteiger partial charge in [0, 0.05) is 41.5 Å². The van der Waals surface area contributed by atoms with Gasteiger partial charge in [-0.1, -0.05) is 0 Å². The zero-order valence-corrected chi connectivity index (χ0v) is 17.9. The van der Waals surface area contributed by atoms with E-state index in [0.717, 1.165) is 12.1 Å². The lowest BCUT2D eigenvalue weighted by Gasteiger charge is -2.10. The summed E-state index contributed by atoms with van der Waals surface area (Å²) in [6.07, 6.45) is -1.39. The zero-order chi connectivity index (χ0) is 23.3. The Morgan fingerprint density at radius 2 is 1.84 bits per heavy atom. The number of fused-ring (bicyclic) bond motifs is 3. The van der Waals surface area contributed by atoms with Crippen LogP contribution in [0.5, 0.6) is 0 Å². The average Bonchev–Trinajstić information content (AvgIpc) is 3.21. The molecule has 32 heavy (non-hydrogen) atoms. The second-order valence-electron chi connectivity index (χ2n) is 7.44. The maximum atomic E-state index is 13.0. The number of benzene rings is 2. The molecule has 2 aromatic heterocycles. The molecule has 0 saturated carbocycles. The van der Waals surface area contributed by atoms with E-state index in [2.05, 4.69) is 9.46 Å². The number of halogens is 3. The van der Waals surface area contributed by atoms with Crippen LogP contribution >= 0.6 is 0 Å². The molecule has 168 valence electrons. The summed E-state index contributed by atoms with van der Waals surface area (Å²) >= 11 is 0. The number of nitrogens with zero attached hydrogens (tertiary/aromatic N) is 4. The maximum Gasteiger partial charge on any atom is 0.416 e. The normalized spacial score (nSPS) is 14.1. The molecular weight excluding hydrogens is 445 g/mol. The van der Waals surface area contributed by atoms with Crippen molar-refractivity contribution in [3.05, 3.63) is 59.8 Å². The van der Waals surface area contributed by atoms with Crippen molar-refractivity contribution in [1.82, 2.24) is 14.3 Å². The molecule has 0 bridgehead atoms. The molecule has 0 aliphatic rings. The van der Waals surface area contributed by atoms with Crippen LogP contribution in [-0.2, 0) is 23.0 Å². The maximum absolute atomic E-state index is 13.0. The first kappa shape index (κ1) is 22.0. The molecule has 1 amide bonds. The van der Waals surface area contributed by atoms with Gasteiger partial charge in [-0.2, -0.15) is 22.6 Å². The van der Waals surface area contributed by atoms with Gasteiger partial charge in [0.05, 0.1) is 33.2 Å². The van der Waals surface area contributed by atoms with Crippen LogP contribution in [0.1, 0.15) is 15.9 Å². The third kappa shape index (κ3) is 4.00. The number of aromatic nitrogens is 3. The topological polar surface area (TPSA) is 89.5 Å². The molecule has 0 radical (unpaired) electrons. The van der Waals surface area contributed by atoms with Gasteiger partial charge in [-0.3, -0.25) is 14.0 Å². The monoisotopic (exact) mass is 464 g/mol. The van der Waals surface area contributed by atoms with Crippen molar-refractivity contribution in [2.24, 2.45) is 11.4 Å². The molecule has 1 atom stereocenters. The highest BCUT2D eigenvalue weighted by Crippen LogP contribution is 2.34. The Morgan fingerprint density at radius 1 is 1.16 bits per heavy atom. The smallest absolute Gasteiger partial charge is 0.395 e. The molecule has 2 aromatic carbocycles. The number of carbonyl (C=O) groups is 1. The van der Waals surface area contributed by atoms with Gasteiger partial charge in [-0.05, 0) is 42.5 Å². The number of rotatable bonds is 4. The lowest BCUT2D eigenvalue weighted by atomic mass is 10.1. The molecule has 0 saturated heterocycles. The summed E-state index contributed by atoms with van der Waals surface area (Å²) < 4.78 is 58.2. The third-order valence-electron chi connectivity index (χ3n) is 4.99. The predicted molar refractivity (Wildman–Crippen MR) is 115 cm³/mol. The van der Waals surface area contributed by atoms with Crippen molar-refractivity contribution in [2.45, 2.75) is 6.18 Å². The molecule has 2 heterocycles. The first-order valence-electron chi connectivity index (χ1n) is 9.50. The highest BCUT2D eigenvalue weighted by Gasteiger charge is 2.30. The standard InChI is InChI=1S/C21H19F3N4O3S/c1-27-12-17-16-11-13(20(30)26-32(2,31)10-9-29)3-8-18(16)28(19(17)25-27)15-6-4-14(5-7-15)21(22,23)24/h3-8,11-12,29H,9-10H2,1-2H3/t32-/m0/s1. The molecule has 0 spiro atoms. The van der Waals surface area contributed by atoms with Crippen LogP contribution in [0.15, 0.2) is 53.0 Å². The first-order chi connectivity index (χ1) is 15.0. The van der Waals surface area contributed by atoms with Crippen LogP contribution in [-0.4, -0.2) is 48.2 Å². The second-order valence-corrected chi connectivity index (χ2v) is 9.95. The number of aliphatic hydroxyl groups excluding tert-OH is 1. The summed E-state index contributed by atoms with van der Waals surface area (Å²) in [5.74, 6) is -0.787. The summed E-state index contributed by atoms with van der Waals surface area (Å²) in [6, 6.07) is 9.51. The fourth-order valence-electron chi connectivity index (χ4n) is 3.53. The van der Waals surface area contributed by atoms with Crippen LogP contribution in [0.2, 0.25) is 0 Å². The Kier molecular flexibility index (Phi) is 5.33. The highest BCUT2D eigenvalue weighted by atomic mass is 32.2. The van der Waals surface area contributed by atoms with E-state index in [1.54, 1.807) is 34.6 Å². The van der Waals surface area contributed by atoms with Gasteiger partial charge in [0.15, 0.2) is 5.65 Å². The van der Waals surface area contributed by atoms with E-state index in [1.165, 1.54) is 24.5 Å². The van der Waals surface area contributed by atoms with Crippen LogP contribution in [0.3, 0.4) is 0 Å². The van der Waals surface area contributed by atoms with Crippen molar-refractivity contribution >= 4 is 37.6 Å². The predicted octanol–water partition coefficient (Wildman–Crippen LogP) is 3.77. The van der Waals surface area contributed by atoms with Crippen LogP contribution in [0.4, 0.5) is 13.2 Å². The average molecular weight is 464 g/mol. The lowest BCUT2D eigenvalue weighted by molar-refractivity contribution is -0.137. The fourth-order valence-corrected chi connectivity index (χ4v) is 4.42. The van der Waals surface area contributed by atoms with Crippen LogP contribution in [0, 0.1) is 0 Å². The molecule has 11 heteroatoms. The van der Waals surface area contributed by atoms with Crippen molar-refractivity contribution < 1.29 is 27.3 Å². The Morgan fingerprint density at radius 3 is 2.47 bits per heavy atom. The third-order valence-corrected chi connectivity index (χ3v) is 6.49. The highest BCUT2D eigenvalue weighted by molar-refractivity contribution is 7.93. The molecule has 4 rings (SSSR count). The number of carbonyl (C=O) groups excluding carboxylic acids is 1.